The Labute approximate surface area is 274 Å². The summed E-state index contributed by atoms with van der Waals surface area (Å²) in [6, 6.07) is 7.13. The van der Waals surface area contributed by atoms with Crippen LogP contribution in [-0.4, -0.2) is 71.5 Å². The largest absolute Gasteiger partial charge is 0.434 e. The fraction of sp³-hybridized carbons (Fsp3) is 0.400. The molecule has 0 unspecified atom stereocenters. The van der Waals surface area contributed by atoms with Crippen LogP contribution in [0.4, 0.5) is 11.6 Å². The second-order valence-electron chi connectivity index (χ2n) is 13.2. The van der Waals surface area contributed by atoms with Gasteiger partial charge in [-0.2, -0.15) is 0 Å². The maximum absolute atomic E-state index is 13.4. The van der Waals surface area contributed by atoms with Gasteiger partial charge in [0.1, 0.15) is 33.6 Å². The van der Waals surface area contributed by atoms with Crippen LogP contribution in [0.5, 0.6) is 0 Å². The predicted molar refractivity (Wildman–Crippen MR) is 187 cm³/mol. The lowest BCUT2D eigenvalue weighted by Crippen LogP contribution is -2.50. The number of aromatic nitrogens is 2. The van der Waals surface area contributed by atoms with Crippen molar-refractivity contribution in [3.63, 3.8) is 0 Å². The fourth-order valence-electron chi connectivity index (χ4n) is 7.53. The highest BCUT2D eigenvalue weighted by atomic mass is 32.1. The molecule has 5 heterocycles. The number of thiophene rings is 1. The van der Waals surface area contributed by atoms with Gasteiger partial charge in [-0.05, 0) is 92.9 Å². The molecule has 0 radical (unpaired) electrons. The first-order valence-corrected chi connectivity index (χ1v) is 20.3. The zero-order valence-electron chi connectivity index (χ0n) is 26.8. The Hall–Kier alpha value is -4.09. The molecule has 1 aromatic carbocycles. The van der Waals surface area contributed by atoms with Crippen LogP contribution in [0.2, 0.25) is 13.1 Å². The second-order valence-corrected chi connectivity index (χ2v) is 18.4. The van der Waals surface area contributed by atoms with Gasteiger partial charge in [0.05, 0.1) is 11.4 Å². The SMILES string of the molecule is Cc1c(C2=C3C=CC(=[N+]4CCCC4)C=C3[Si](C)(C)c3cc(N4CCCC4)ccc32)csc1C(=O)NCCCn1ccnc1[N+](=O)[O-]. The zero-order valence-corrected chi connectivity index (χ0v) is 28.7. The van der Waals surface area contributed by atoms with Crippen LogP contribution in [0.1, 0.15) is 58.5 Å². The van der Waals surface area contributed by atoms with Gasteiger partial charge in [-0.15, -0.1) is 11.3 Å². The summed E-state index contributed by atoms with van der Waals surface area (Å²) < 4.78 is 4.04. The molecule has 238 valence electrons. The second kappa shape index (κ2) is 12.3. The topological polar surface area (TPSA) is 96.3 Å². The molecule has 46 heavy (non-hydrogen) atoms. The summed E-state index contributed by atoms with van der Waals surface area (Å²) in [5.41, 5.74) is 8.62. The Morgan fingerprint density at radius 3 is 2.67 bits per heavy atom. The number of imidazole rings is 1. The summed E-state index contributed by atoms with van der Waals surface area (Å²) in [5, 5.41) is 19.3. The van der Waals surface area contributed by atoms with E-state index in [0.29, 0.717) is 24.4 Å². The van der Waals surface area contributed by atoms with E-state index in [-0.39, 0.29) is 11.9 Å². The van der Waals surface area contributed by atoms with E-state index >= 15 is 0 Å². The molecule has 11 heteroatoms. The minimum atomic E-state index is -2.06. The van der Waals surface area contributed by atoms with E-state index < -0.39 is 13.0 Å². The molecular formula is C35H41N6O3SSi+. The minimum Gasteiger partial charge on any atom is -0.390 e. The van der Waals surface area contributed by atoms with Crippen molar-refractivity contribution in [1.29, 1.82) is 0 Å². The first-order valence-electron chi connectivity index (χ1n) is 16.4. The number of anilines is 1. The van der Waals surface area contributed by atoms with Gasteiger partial charge in [0.2, 0.25) is 0 Å². The highest BCUT2D eigenvalue weighted by Crippen LogP contribution is 2.44. The van der Waals surface area contributed by atoms with E-state index in [1.165, 1.54) is 86.3 Å². The molecule has 3 aromatic rings. The molecule has 2 aromatic heterocycles. The van der Waals surface area contributed by atoms with Crippen molar-refractivity contribution in [2.75, 3.05) is 37.6 Å². The zero-order chi connectivity index (χ0) is 32.0. The molecule has 4 aliphatic rings. The van der Waals surface area contributed by atoms with Crippen molar-refractivity contribution in [3.05, 3.63) is 96.7 Å². The normalized spacial score (nSPS) is 18.6. The van der Waals surface area contributed by atoms with Crippen molar-refractivity contribution >= 4 is 53.4 Å². The van der Waals surface area contributed by atoms with E-state index in [1.807, 2.05) is 0 Å². The summed E-state index contributed by atoms with van der Waals surface area (Å²) in [7, 11) is -2.06. The Kier molecular flexibility index (Phi) is 8.14. The molecule has 0 spiro atoms. The van der Waals surface area contributed by atoms with E-state index in [2.05, 4.69) is 81.6 Å². The molecule has 2 fully saturated rings. The number of amides is 1. The smallest absolute Gasteiger partial charge is 0.390 e. The molecular weight excluding hydrogens is 613 g/mol. The van der Waals surface area contributed by atoms with Crippen molar-refractivity contribution in [2.45, 2.75) is 58.7 Å². The number of carbonyl (C=O) groups is 1. The average molecular weight is 654 g/mol. The number of nitro groups is 1. The lowest BCUT2D eigenvalue weighted by molar-refractivity contribution is -0.504. The maximum Gasteiger partial charge on any atom is 0.434 e. The summed E-state index contributed by atoms with van der Waals surface area (Å²) >= 11 is 1.49. The van der Waals surface area contributed by atoms with E-state index in [9.17, 15) is 14.9 Å². The summed E-state index contributed by atoms with van der Waals surface area (Å²) in [4.78, 5) is 31.2. The van der Waals surface area contributed by atoms with Gasteiger partial charge in [0, 0.05) is 50.3 Å². The number of fused-ring (bicyclic) bond motifs is 2. The van der Waals surface area contributed by atoms with Crippen LogP contribution < -0.4 is 15.4 Å². The van der Waals surface area contributed by atoms with Crippen LogP contribution in [-0.2, 0) is 6.54 Å². The average Bonchev–Trinajstić information content (AvgIpc) is 3.88. The molecule has 1 amide bonds. The van der Waals surface area contributed by atoms with Gasteiger partial charge < -0.3 is 20.3 Å². The molecule has 0 atom stereocenters. The monoisotopic (exact) mass is 653 g/mol. The number of benzene rings is 1. The van der Waals surface area contributed by atoms with Crippen LogP contribution >= 0.6 is 11.3 Å². The van der Waals surface area contributed by atoms with Crippen molar-refractivity contribution in [3.8, 4) is 0 Å². The number of rotatable bonds is 8. The lowest BCUT2D eigenvalue weighted by Gasteiger charge is -2.38. The summed E-state index contributed by atoms with van der Waals surface area (Å²) in [6.07, 6.45) is 15.7. The summed E-state index contributed by atoms with van der Waals surface area (Å²) in [5.74, 6) is -0.282. The molecule has 1 N–H and O–H groups in total. The lowest BCUT2D eigenvalue weighted by atomic mass is 9.89. The third-order valence-electron chi connectivity index (χ3n) is 10.1. The van der Waals surface area contributed by atoms with Gasteiger partial charge in [0.25, 0.3) is 5.91 Å². The fourth-order valence-corrected chi connectivity index (χ4v) is 11.6. The molecule has 0 bridgehead atoms. The van der Waals surface area contributed by atoms with E-state index in [1.54, 1.807) is 6.20 Å². The van der Waals surface area contributed by atoms with Gasteiger partial charge in [-0.1, -0.05) is 24.1 Å². The Bertz CT molecular complexity index is 1850. The number of hydrogen-bond donors (Lipinski definition) is 1. The third-order valence-corrected chi connectivity index (χ3v) is 14.7. The van der Waals surface area contributed by atoms with Crippen LogP contribution in [0, 0.1) is 17.0 Å². The first kappa shape index (κ1) is 30.6. The number of allylic oxidation sites excluding steroid dienone is 5. The number of hydrogen-bond acceptors (Lipinski definition) is 6. The van der Waals surface area contributed by atoms with Crippen molar-refractivity contribution in [1.82, 2.24) is 14.9 Å². The van der Waals surface area contributed by atoms with Crippen molar-refractivity contribution < 1.29 is 14.3 Å². The van der Waals surface area contributed by atoms with Crippen molar-refractivity contribution in [2.24, 2.45) is 0 Å². The number of nitrogens with one attached hydrogen (secondary N) is 1. The number of aryl methyl sites for hydroxylation is 1. The van der Waals surface area contributed by atoms with E-state index in [4.69, 9.17) is 0 Å². The molecule has 7 rings (SSSR count). The molecule has 2 saturated heterocycles. The predicted octanol–water partition coefficient (Wildman–Crippen LogP) is 5.60. The third kappa shape index (κ3) is 5.39. The molecule has 9 nitrogen and oxygen atoms in total. The van der Waals surface area contributed by atoms with Crippen LogP contribution in [0.15, 0.2) is 65.0 Å². The molecule has 3 aliphatic heterocycles. The van der Waals surface area contributed by atoms with Gasteiger partial charge in [-0.3, -0.25) is 4.79 Å². The Morgan fingerprint density at radius 1 is 1.13 bits per heavy atom. The van der Waals surface area contributed by atoms with E-state index in [0.717, 1.165) is 37.3 Å². The van der Waals surface area contributed by atoms with Crippen LogP contribution in [0.3, 0.4) is 0 Å². The standard InChI is InChI=1S/C35H40N6O3SSi/c1-24-29(23-45-33(24)34(42)36-13-8-19-40-20-14-37-35(40)41(43)44)32-27-11-9-25(38-15-4-5-16-38)21-30(27)46(2,3)31-22-26(10-12-28(31)32)39-17-6-7-18-39/h9-12,14,20-23H,4-8,13,15-19H2,1-3H3/p+1. The number of nitrogens with zero attached hydrogens (tertiary/aromatic N) is 5. The van der Waals surface area contributed by atoms with Gasteiger partial charge in [0.15, 0.2) is 5.71 Å². The first-order chi connectivity index (χ1) is 22.2. The Morgan fingerprint density at radius 2 is 1.91 bits per heavy atom. The van der Waals surface area contributed by atoms with Gasteiger partial charge >= 0.3 is 5.95 Å². The Balaban J connectivity index is 1.23. The highest BCUT2D eigenvalue weighted by Gasteiger charge is 2.41. The van der Waals surface area contributed by atoms with Gasteiger partial charge in [-0.25, -0.2) is 9.14 Å². The molecule has 0 saturated carbocycles. The number of carbonyl (C=O) groups excluding carboxylic acids is 1. The van der Waals surface area contributed by atoms with Crippen LogP contribution in [0.25, 0.3) is 5.57 Å². The highest BCUT2D eigenvalue weighted by molar-refractivity contribution is 7.12. The summed E-state index contributed by atoms with van der Waals surface area (Å²) in [6.45, 7) is 12.4. The molecule has 1 aliphatic carbocycles. The maximum atomic E-state index is 13.4. The minimum absolute atomic E-state index is 0.103. The quantitative estimate of drug-likeness (QED) is 0.112.